The first-order chi connectivity index (χ1) is 8.56. The number of benzene rings is 1. The van der Waals surface area contributed by atoms with Crippen molar-refractivity contribution >= 4 is 33.2 Å². The largest absolute Gasteiger partial charge is 0.397 e. The Bertz CT molecular complexity index is 442. The summed E-state index contributed by atoms with van der Waals surface area (Å²) in [5.74, 6) is 0.229. The third-order valence-electron chi connectivity index (χ3n) is 3.43. The number of nitrogens with two attached hydrogens (primary N) is 2. The molecule has 1 aromatic carbocycles. The van der Waals surface area contributed by atoms with Crippen LogP contribution in [0.4, 0.5) is 11.4 Å². The Hall–Kier alpha value is -1.23. The zero-order chi connectivity index (χ0) is 13.1. The van der Waals surface area contributed by atoms with Crippen LogP contribution in [0, 0.1) is 5.92 Å². The van der Waals surface area contributed by atoms with Crippen molar-refractivity contribution in [1.82, 2.24) is 0 Å². The normalized spacial score (nSPS) is 16.8. The highest BCUT2D eigenvalue weighted by Gasteiger charge is 2.21. The number of hydrogen-bond donors (Lipinski definition) is 2. The van der Waals surface area contributed by atoms with Crippen molar-refractivity contribution in [3.05, 3.63) is 22.7 Å². The van der Waals surface area contributed by atoms with Gasteiger partial charge in [0.1, 0.15) is 0 Å². The lowest BCUT2D eigenvalue weighted by Gasteiger charge is -2.34. The van der Waals surface area contributed by atoms with Crippen LogP contribution < -0.4 is 16.4 Å². The molecule has 1 fully saturated rings. The van der Waals surface area contributed by atoms with Gasteiger partial charge in [0.15, 0.2) is 0 Å². The number of primary amides is 1. The van der Waals surface area contributed by atoms with Crippen LogP contribution in [0.15, 0.2) is 22.7 Å². The molecule has 4 N–H and O–H groups in total. The Kier molecular flexibility index (Phi) is 4.11. The summed E-state index contributed by atoms with van der Waals surface area (Å²) in [6.45, 7) is 1.87. The van der Waals surface area contributed by atoms with Gasteiger partial charge in [-0.05, 0) is 37.0 Å². The highest BCUT2D eigenvalue weighted by atomic mass is 79.9. The van der Waals surface area contributed by atoms with Crippen molar-refractivity contribution in [1.29, 1.82) is 0 Å². The van der Waals surface area contributed by atoms with E-state index in [-0.39, 0.29) is 5.91 Å². The summed E-state index contributed by atoms with van der Waals surface area (Å²) in [4.78, 5) is 13.2. The minimum atomic E-state index is -0.198. The Morgan fingerprint density at radius 1 is 1.39 bits per heavy atom. The van der Waals surface area contributed by atoms with E-state index in [0.717, 1.165) is 41.8 Å². The molecular weight excluding hydrogens is 294 g/mol. The van der Waals surface area contributed by atoms with E-state index >= 15 is 0 Å². The van der Waals surface area contributed by atoms with Gasteiger partial charge in [-0.25, -0.2) is 0 Å². The monoisotopic (exact) mass is 311 g/mol. The van der Waals surface area contributed by atoms with Gasteiger partial charge in [0.05, 0.1) is 11.4 Å². The summed E-state index contributed by atoms with van der Waals surface area (Å²) >= 11 is 3.41. The maximum Gasteiger partial charge on any atom is 0.217 e. The van der Waals surface area contributed by atoms with Crippen molar-refractivity contribution < 1.29 is 4.79 Å². The summed E-state index contributed by atoms with van der Waals surface area (Å²) < 4.78 is 0.993. The van der Waals surface area contributed by atoms with E-state index in [9.17, 15) is 4.79 Å². The summed E-state index contributed by atoms with van der Waals surface area (Å²) in [5.41, 5.74) is 13.1. The number of carbonyl (C=O) groups excluding carboxylic acids is 1. The van der Waals surface area contributed by atoms with Gasteiger partial charge in [0.25, 0.3) is 0 Å². The third kappa shape index (κ3) is 3.16. The van der Waals surface area contributed by atoms with Crippen molar-refractivity contribution in [2.75, 3.05) is 23.7 Å². The molecule has 0 aromatic heterocycles. The number of halogens is 1. The van der Waals surface area contributed by atoms with Gasteiger partial charge >= 0.3 is 0 Å². The standard InChI is InChI=1S/C13H18BrN3O/c14-10-1-2-12(11(15)8-10)17-5-3-9(4-6-17)7-13(16)18/h1-2,8-9H,3-7,15H2,(H2,16,18). The maximum atomic E-state index is 10.9. The van der Waals surface area contributed by atoms with E-state index < -0.39 is 0 Å². The fourth-order valence-corrected chi connectivity index (χ4v) is 2.85. The molecule has 0 spiro atoms. The molecule has 5 heteroatoms. The van der Waals surface area contributed by atoms with Crippen LogP contribution in [0.25, 0.3) is 0 Å². The summed E-state index contributed by atoms with van der Waals surface area (Å²) in [6.07, 6.45) is 2.50. The number of nitrogens with zero attached hydrogens (tertiary/aromatic N) is 1. The number of anilines is 2. The second-order valence-electron chi connectivity index (χ2n) is 4.80. The van der Waals surface area contributed by atoms with Crippen molar-refractivity contribution in [3.63, 3.8) is 0 Å². The molecule has 2 rings (SSSR count). The molecule has 1 saturated heterocycles. The Morgan fingerprint density at radius 2 is 2.06 bits per heavy atom. The minimum Gasteiger partial charge on any atom is -0.397 e. The predicted octanol–water partition coefficient (Wildman–Crippen LogP) is 2.12. The second kappa shape index (κ2) is 5.61. The Labute approximate surface area is 115 Å². The predicted molar refractivity (Wildman–Crippen MR) is 77.3 cm³/mol. The van der Waals surface area contributed by atoms with Crippen LogP contribution in [0.3, 0.4) is 0 Å². The number of amides is 1. The van der Waals surface area contributed by atoms with Gasteiger partial charge in [-0.1, -0.05) is 15.9 Å². The van der Waals surface area contributed by atoms with Crippen LogP contribution in [-0.2, 0) is 4.79 Å². The minimum absolute atomic E-state index is 0.198. The van der Waals surface area contributed by atoms with Gasteiger partial charge in [-0.15, -0.1) is 0 Å². The lowest BCUT2D eigenvalue weighted by Crippen LogP contribution is -2.35. The van der Waals surface area contributed by atoms with Gasteiger partial charge < -0.3 is 16.4 Å². The second-order valence-corrected chi connectivity index (χ2v) is 5.72. The summed E-state index contributed by atoms with van der Waals surface area (Å²) in [5, 5.41) is 0. The number of rotatable bonds is 3. The molecule has 98 valence electrons. The van der Waals surface area contributed by atoms with Gasteiger partial charge in [-0.3, -0.25) is 4.79 Å². The smallest absolute Gasteiger partial charge is 0.217 e. The first-order valence-corrected chi connectivity index (χ1v) is 6.94. The third-order valence-corrected chi connectivity index (χ3v) is 3.93. The molecule has 1 aliphatic rings. The van der Waals surface area contributed by atoms with Crippen molar-refractivity contribution in [2.24, 2.45) is 11.7 Å². The molecule has 0 atom stereocenters. The number of piperidine rings is 1. The lowest BCUT2D eigenvalue weighted by molar-refractivity contribution is -0.119. The molecule has 4 nitrogen and oxygen atoms in total. The number of carbonyl (C=O) groups is 1. The topological polar surface area (TPSA) is 72.4 Å². The van der Waals surface area contributed by atoms with Crippen LogP contribution in [0.1, 0.15) is 19.3 Å². The van der Waals surface area contributed by atoms with E-state index in [2.05, 4.69) is 20.8 Å². The van der Waals surface area contributed by atoms with Crippen molar-refractivity contribution in [2.45, 2.75) is 19.3 Å². The molecule has 0 radical (unpaired) electrons. The Morgan fingerprint density at radius 3 is 2.61 bits per heavy atom. The zero-order valence-electron chi connectivity index (χ0n) is 10.2. The van der Waals surface area contributed by atoms with E-state index in [1.807, 2.05) is 18.2 Å². The van der Waals surface area contributed by atoms with Gasteiger partial charge in [-0.2, -0.15) is 0 Å². The van der Waals surface area contributed by atoms with E-state index in [1.165, 1.54) is 0 Å². The highest BCUT2D eigenvalue weighted by Crippen LogP contribution is 2.30. The quantitative estimate of drug-likeness (QED) is 0.840. The molecule has 0 aliphatic carbocycles. The average molecular weight is 312 g/mol. The molecule has 1 amide bonds. The van der Waals surface area contributed by atoms with Crippen molar-refractivity contribution in [3.8, 4) is 0 Å². The fraction of sp³-hybridized carbons (Fsp3) is 0.462. The number of nitrogen functional groups attached to an aromatic ring is 1. The summed E-state index contributed by atoms with van der Waals surface area (Å²) in [7, 11) is 0. The first-order valence-electron chi connectivity index (χ1n) is 6.14. The van der Waals surface area contributed by atoms with Gasteiger partial charge in [0.2, 0.25) is 5.91 Å². The summed E-state index contributed by atoms with van der Waals surface area (Å²) in [6, 6.07) is 5.96. The van der Waals surface area contributed by atoms with Crippen LogP contribution in [0.5, 0.6) is 0 Å². The molecule has 0 bridgehead atoms. The van der Waals surface area contributed by atoms with Crippen LogP contribution in [0.2, 0.25) is 0 Å². The molecule has 1 heterocycles. The molecule has 18 heavy (non-hydrogen) atoms. The Balaban J connectivity index is 1.99. The van der Waals surface area contributed by atoms with Crippen LogP contribution in [-0.4, -0.2) is 19.0 Å². The number of hydrogen-bond acceptors (Lipinski definition) is 3. The molecule has 0 saturated carbocycles. The van der Waals surface area contributed by atoms with E-state index in [0.29, 0.717) is 12.3 Å². The zero-order valence-corrected chi connectivity index (χ0v) is 11.8. The van der Waals surface area contributed by atoms with Gasteiger partial charge in [0, 0.05) is 24.0 Å². The molecule has 1 aliphatic heterocycles. The average Bonchev–Trinajstić information content (AvgIpc) is 2.30. The first kappa shape index (κ1) is 13.2. The fourth-order valence-electron chi connectivity index (χ4n) is 2.48. The van der Waals surface area contributed by atoms with E-state index in [1.54, 1.807) is 0 Å². The maximum absolute atomic E-state index is 10.9. The van der Waals surface area contributed by atoms with Crippen LogP contribution >= 0.6 is 15.9 Å². The highest BCUT2D eigenvalue weighted by molar-refractivity contribution is 9.10. The SMILES string of the molecule is NC(=O)CC1CCN(c2ccc(Br)cc2N)CC1. The lowest BCUT2D eigenvalue weighted by atomic mass is 9.93. The van der Waals surface area contributed by atoms with E-state index in [4.69, 9.17) is 11.5 Å². The molecular formula is C13H18BrN3O. The molecule has 1 aromatic rings. The molecule has 0 unspecified atom stereocenters.